The predicted octanol–water partition coefficient (Wildman–Crippen LogP) is 9.10. The quantitative estimate of drug-likeness (QED) is 0.108. The van der Waals surface area contributed by atoms with Crippen molar-refractivity contribution >= 4 is 88.8 Å². The molecule has 62 heavy (non-hydrogen) atoms. The lowest BCUT2D eigenvalue weighted by Crippen LogP contribution is -2.56. The molecule has 0 spiro atoms. The van der Waals surface area contributed by atoms with Gasteiger partial charge in [-0.25, -0.2) is 26.4 Å². The number of sulfone groups is 1. The van der Waals surface area contributed by atoms with E-state index in [4.69, 9.17) is 34.8 Å². The van der Waals surface area contributed by atoms with Crippen LogP contribution in [0, 0.1) is 6.92 Å². The molecular formula is C45H43Cl3N5O7S2+. The molecule has 1 aromatic heterocycles. The molecule has 0 fully saturated rings. The summed E-state index contributed by atoms with van der Waals surface area (Å²) < 4.78 is 55.8. The summed E-state index contributed by atoms with van der Waals surface area (Å²) in [6, 6.07) is 25.5. The third-order valence-electron chi connectivity index (χ3n) is 11.3. The van der Waals surface area contributed by atoms with Gasteiger partial charge in [-0.1, -0.05) is 104 Å². The summed E-state index contributed by atoms with van der Waals surface area (Å²) in [4.78, 5) is 45.3. The monoisotopic (exact) mass is 934 g/mol. The number of carbonyl (C=O) groups is 3. The third kappa shape index (κ3) is 8.90. The molecule has 0 aliphatic carbocycles. The Balaban J connectivity index is 1.36. The molecule has 2 N–H and O–H groups in total. The highest BCUT2D eigenvalue weighted by Gasteiger charge is 2.43. The summed E-state index contributed by atoms with van der Waals surface area (Å²) in [6.45, 7) is 6.29. The van der Waals surface area contributed by atoms with E-state index in [1.54, 1.807) is 37.3 Å². The van der Waals surface area contributed by atoms with Crippen molar-refractivity contribution < 1.29 is 35.7 Å². The highest BCUT2D eigenvalue weighted by molar-refractivity contribution is 7.91. The number of carbonyl (C=O) groups excluding carboxylic acids is 3. The lowest BCUT2D eigenvalue weighted by atomic mass is 9.95. The summed E-state index contributed by atoms with van der Waals surface area (Å²) in [6.07, 6.45) is 2.09. The average Bonchev–Trinajstić information content (AvgIpc) is 3.61. The maximum absolute atomic E-state index is 15.5. The largest absolute Gasteiger partial charge is 0.348 e. The molecular weight excluding hydrogens is 893 g/mol. The summed E-state index contributed by atoms with van der Waals surface area (Å²) >= 11 is 19.3. The number of anilines is 1. The van der Waals surface area contributed by atoms with Gasteiger partial charge in [0.1, 0.15) is 12.1 Å². The van der Waals surface area contributed by atoms with E-state index < -0.39 is 31.7 Å². The number of amides is 3. The standard InChI is InChI=1S/C45H42Cl3N5O7S2/c1-4-6-21-53(22-20-30-10-7-8-11-33(30)27-53)45(56)36-24-32(43(54)51-62(59,60)34-17-15-31-12-9-13-40(35(31)25-34)61(57,58)5-2)16-19-39(36)52(26-29-14-18-37(46)38(47)23-29)44(55)42-41(48)28(3)49-50-42/h7-19,23-25H,4-6,20-22,26-27H2,1-3H3,(H-,49,50,51,54,55)/p+1. The van der Waals surface area contributed by atoms with Gasteiger partial charge in [0, 0.05) is 22.9 Å². The maximum Gasteiger partial charge on any atom is 0.348 e. The Labute approximate surface area is 375 Å². The fourth-order valence-corrected chi connectivity index (χ4v) is 10.4. The van der Waals surface area contributed by atoms with Gasteiger partial charge in [-0.3, -0.25) is 19.2 Å². The second kappa shape index (κ2) is 17.9. The molecule has 0 bridgehead atoms. The number of quaternary nitrogens is 1. The van der Waals surface area contributed by atoms with Crippen LogP contribution in [0.1, 0.15) is 80.3 Å². The van der Waals surface area contributed by atoms with Gasteiger partial charge in [-0.2, -0.15) is 5.10 Å². The van der Waals surface area contributed by atoms with E-state index in [9.17, 15) is 26.4 Å². The minimum absolute atomic E-state index is 0.0116. The van der Waals surface area contributed by atoms with Crippen LogP contribution in [0.5, 0.6) is 0 Å². The Morgan fingerprint density at radius 3 is 2.31 bits per heavy atom. The van der Waals surface area contributed by atoms with Crippen LogP contribution in [0.4, 0.5) is 5.69 Å². The van der Waals surface area contributed by atoms with Crippen LogP contribution < -0.4 is 9.62 Å². The van der Waals surface area contributed by atoms with Crippen molar-refractivity contribution in [1.82, 2.24) is 14.9 Å². The number of unbranched alkanes of at least 4 members (excludes halogenated alkanes) is 1. The number of benzene rings is 5. The molecule has 1 aliphatic rings. The number of halogens is 3. The molecule has 1 unspecified atom stereocenters. The topological polar surface area (TPSA) is 163 Å². The van der Waals surface area contributed by atoms with Crippen LogP contribution >= 0.6 is 34.8 Å². The maximum atomic E-state index is 15.5. The second-order valence-electron chi connectivity index (χ2n) is 15.3. The van der Waals surface area contributed by atoms with E-state index in [1.165, 1.54) is 54.3 Å². The predicted molar refractivity (Wildman–Crippen MR) is 241 cm³/mol. The molecule has 322 valence electrons. The number of sulfonamides is 1. The number of hydrogen-bond acceptors (Lipinski definition) is 8. The number of H-pyrrole nitrogens is 1. The van der Waals surface area contributed by atoms with E-state index in [2.05, 4.69) is 14.9 Å². The lowest BCUT2D eigenvalue weighted by Gasteiger charge is -2.40. The van der Waals surface area contributed by atoms with Gasteiger partial charge in [0.05, 0.1) is 61.6 Å². The molecule has 0 saturated carbocycles. The Morgan fingerprint density at radius 1 is 0.855 bits per heavy atom. The lowest BCUT2D eigenvalue weighted by molar-refractivity contribution is -0.865. The molecule has 6 aromatic rings. The molecule has 5 aromatic carbocycles. The van der Waals surface area contributed by atoms with Crippen molar-refractivity contribution in [2.24, 2.45) is 0 Å². The van der Waals surface area contributed by atoms with Crippen molar-refractivity contribution in [3.63, 3.8) is 0 Å². The molecule has 2 heterocycles. The van der Waals surface area contributed by atoms with Gasteiger partial charge in [-0.15, -0.1) is 0 Å². The number of fused-ring (bicyclic) bond motifs is 2. The highest BCUT2D eigenvalue weighted by Crippen LogP contribution is 2.36. The zero-order chi connectivity index (χ0) is 44.6. The van der Waals surface area contributed by atoms with Crippen molar-refractivity contribution in [2.75, 3.05) is 23.7 Å². The van der Waals surface area contributed by atoms with Gasteiger partial charge < -0.3 is 4.90 Å². The van der Waals surface area contributed by atoms with E-state index in [-0.39, 0.29) is 70.4 Å². The van der Waals surface area contributed by atoms with Crippen molar-refractivity contribution in [3.8, 4) is 0 Å². The van der Waals surface area contributed by atoms with Gasteiger partial charge in [0.15, 0.2) is 15.5 Å². The van der Waals surface area contributed by atoms with Crippen LogP contribution in [-0.2, 0) is 39.4 Å². The number of aromatic nitrogens is 2. The number of aromatic amines is 1. The molecule has 3 amide bonds. The Hall–Kier alpha value is -5.09. The number of aryl methyl sites for hydroxylation is 1. The van der Waals surface area contributed by atoms with Crippen molar-refractivity contribution in [2.45, 2.75) is 62.9 Å². The molecule has 12 nitrogen and oxygen atoms in total. The van der Waals surface area contributed by atoms with Crippen LogP contribution in [0.3, 0.4) is 0 Å². The van der Waals surface area contributed by atoms with E-state index in [0.29, 0.717) is 54.1 Å². The molecule has 17 heteroatoms. The van der Waals surface area contributed by atoms with Gasteiger partial charge in [0.2, 0.25) is 0 Å². The van der Waals surface area contributed by atoms with Crippen molar-refractivity contribution in [1.29, 1.82) is 0 Å². The summed E-state index contributed by atoms with van der Waals surface area (Å²) in [7, 11) is -8.34. The molecule has 1 aliphatic heterocycles. The van der Waals surface area contributed by atoms with E-state index in [0.717, 1.165) is 17.5 Å². The average molecular weight is 936 g/mol. The normalized spacial score (nSPS) is 15.3. The zero-order valence-corrected chi connectivity index (χ0v) is 37.9. The fraction of sp³-hybridized carbons (Fsp3) is 0.244. The molecule has 0 saturated heterocycles. The zero-order valence-electron chi connectivity index (χ0n) is 34.0. The Morgan fingerprint density at radius 2 is 1.61 bits per heavy atom. The second-order valence-corrected chi connectivity index (χ2v) is 20.4. The van der Waals surface area contributed by atoms with Crippen LogP contribution in [0.2, 0.25) is 15.1 Å². The summed E-state index contributed by atoms with van der Waals surface area (Å²) in [5, 5.41) is 8.22. The van der Waals surface area contributed by atoms with E-state index >= 15 is 4.79 Å². The Bertz CT molecular complexity index is 2990. The number of hydrogen-bond donors (Lipinski definition) is 2. The minimum Gasteiger partial charge on any atom is -0.302 e. The highest BCUT2D eigenvalue weighted by atomic mass is 35.5. The van der Waals surface area contributed by atoms with Crippen LogP contribution in [-0.4, -0.2) is 68.1 Å². The first kappa shape index (κ1) is 44.9. The van der Waals surface area contributed by atoms with Gasteiger partial charge >= 0.3 is 5.91 Å². The first-order chi connectivity index (χ1) is 29.5. The summed E-state index contributed by atoms with van der Waals surface area (Å²) in [5.41, 5.74) is 2.93. The number of nitrogens with zero attached hydrogens (tertiary/aromatic N) is 3. The number of rotatable bonds is 13. The number of nitrogens with one attached hydrogen (secondary N) is 2. The minimum atomic E-state index is -4.60. The van der Waals surface area contributed by atoms with Crippen LogP contribution in [0.25, 0.3) is 10.8 Å². The summed E-state index contributed by atoms with van der Waals surface area (Å²) in [5.74, 6) is -2.30. The Kier molecular flexibility index (Phi) is 13.0. The van der Waals surface area contributed by atoms with Crippen molar-refractivity contribution in [3.05, 3.63) is 151 Å². The van der Waals surface area contributed by atoms with Gasteiger partial charge in [-0.05, 0) is 78.4 Å². The molecule has 1 atom stereocenters. The first-order valence-electron chi connectivity index (χ1n) is 19.9. The SMILES string of the molecule is CCCC[N+]1(C(=O)c2cc(C(=O)NS(=O)(=O)c3ccc4cccc(S(=O)(=O)CC)c4c3)ccc2N(Cc2ccc(Cl)c(Cl)c2)C(=O)c2n[nH]c(C)c2Cl)CCc2ccccc2C1. The smallest absolute Gasteiger partial charge is 0.302 e. The van der Waals surface area contributed by atoms with E-state index in [1.807, 2.05) is 31.2 Å². The molecule has 0 radical (unpaired) electrons. The first-order valence-corrected chi connectivity index (χ1v) is 24.2. The third-order valence-corrected chi connectivity index (χ3v) is 15.6. The fourth-order valence-electron chi connectivity index (χ4n) is 7.79. The van der Waals surface area contributed by atoms with Gasteiger partial charge in [0.25, 0.3) is 21.8 Å². The van der Waals surface area contributed by atoms with Crippen LogP contribution in [0.15, 0.2) is 107 Å². The molecule has 7 rings (SSSR count).